The quantitative estimate of drug-likeness (QED) is 0.778. The van der Waals surface area contributed by atoms with Crippen LogP contribution in [0.5, 0.6) is 0 Å². The third kappa shape index (κ3) is 4.19. The van der Waals surface area contributed by atoms with Crippen molar-refractivity contribution in [3.8, 4) is 6.07 Å². The number of imidazole rings is 1. The maximum Gasteiger partial charge on any atom is 0.417 e. The summed E-state index contributed by atoms with van der Waals surface area (Å²) in [5.74, 6) is -0.206. The van der Waals surface area contributed by atoms with Crippen molar-refractivity contribution < 1.29 is 22.7 Å². The van der Waals surface area contributed by atoms with Crippen LogP contribution in [0.3, 0.4) is 0 Å². The monoisotopic (exact) mass is 407 g/mol. The molecule has 0 N–H and O–H groups in total. The lowest BCUT2D eigenvalue weighted by Crippen LogP contribution is -2.57. The van der Waals surface area contributed by atoms with E-state index in [1.54, 1.807) is 27.5 Å². The molecule has 0 aliphatic carbocycles. The summed E-state index contributed by atoms with van der Waals surface area (Å²) >= 11 is 0. The molecular weight excluding hydrogens is 387 g/mol. The fourth-order valence-corrected chi connectivity index (χ4v) is 3.46. The van der Waals surface area contributed by atoms with Crippen LogP contribution in [0.1, 0.15) is 21.6 Å². The Balaban J connectivity index is 1.85. The summed E-state index contributed by atoms with van der Waals surface area (Å²) in [5.41, 5.74) is -0.601. The Kier molecular flexibility index (Phi) is 5.79. The molecule has 1 saturated heterocycles. The van der Waals surface area contributed by atoms with Gasteiger partial charge in [0.2, 0.25) is 0 Å². The fraction of sp³-hybridized carbons (Fsp3) is 0.421. The predicted molar refractivity (Wildman–Crippen MR) is 98.3 cm³/mol. The first-order valence-corrected chi connectivity index (χ1v) is 8.88. The Morgan fingerprint density at radius 3 is 2.72 bits per heavy atom. The van der Waals surface area contributed by atoms with E-state index in [2.05, 4.69) is 4.98 Å². The SMILES string of the molecule is COCC1CN(c2ccc(C#N)c(C(F)(F)F)c2)CCN1C(=O)c1cncn1C. The predicted octanol–water partition coefficient (Wildman–Crippen LogP) is 2.29. The van der Waals surface area contributed by atoms with E-state index in [0.717, 1.165) is 6.07 Å². The number of rotatable bonds is 4. The summed E-state index contributed by atoms with van der Waals surface area (Å²) in [5, 5.41) is 8.97. The van der Waals surface area contributed by atoms with Crippen molar-refractivity contribution in [2.45, 2.75) is 12.2 Å². The molecule has 0 spiro atoms. The van der Waals surface area contributed by atoms with E-state index in [9.17, 15) is 18.0 Å². The van der Waals surface area contributed by atoms with Gasteiger partial charge in [0.15, 0.2) is 0 Å². The second kappa shape index (κ2) is 8.13. The Morgan fingerprint density at radius 2 is 2.14 bits per heavy atom. The first-order valence-electron chi connectivity index (χ1n) is 8.88. The summed E-state index contributed by atoms with van der Waals surface area (Å²) in [6.07, 6.45) is -1.61. The number of nitrogens with zero attached hydrogens (tertiary/aromatic N) is 5. The van der Waals surface area contributed by atoms with Crippen LogP contribution in [0.15, 0.2) is 30.7 Å². The van der Waals surface area contributed by atoms with Crippen LogP contribution in [-0.2, 0) is 18.0 Å². The Bertz CT molecular complexity index is 935. The van der Waals surface area contributed by atoms with Gasteiger partial charge in [0.1, 0.15) is 5.69 Å². The van der Waals surface area contributed by atoms with E-state index in [4.69, 9.17) is 10.00 Å². The molecule has 1 atom stereocenters. The van der Waals surface area contributed by atoms with Crippen molar-refractivity contribution in [3.05, 3.63) is 47.5 Å². The zero-order valence-corrected chi connectivity index (χ0v) is 16.0. The molecule has 154 valence electrons. The van der Waals surface area contributed by atoms with Crippen molar-refractivity contribution in [2.75, 3.05) is 38.3 Å². The molecule has 1 unspecified atom stereocenters. The molecule has 3 rings (SSSR count). The first kappa shape index (κ1) is 20.7. The van der Waals surface area contributed by atoms with Crippen molar-refractivity contribution in [3.63, 3.8) is 0 Å². The lowest BCUT2D eigenvalue weighted by atomic mass is 10.0. The van der Waals surface area contributed by atoms with Crippen LogP contribution >= 0.6 is 0 Å². The molecule has 0 radical (unpaired) electrons. The van der Waals surface area contributed by atoms with Gasteiger partial charge < -0.3 is 19.1 Å². The van der Waals surface area contributed by atoms with Gasteiger partial charge in [-0.05, 0) is 18.2 Å². The average molecular weight is 407 g/mol. The highest BCUT2D eigenvalue weighted by molar-refractivity contribution is 5.92. The van der Waals surface area contributed by atoms with Crippen molar-refractivity contribution in [2.24, 2.45) is 7.05 Å². The molecule has 0 bridgehead atoms. The maximum atomic E-state index is 13.3. The first-order chi connectivity index (χ1) is 13.8. The summed E-state index contributed by atoms with van der Waals surface area (Å²) < 4.78 is 46.7. The molecule has 1 aromatic carbocycles. The number of methoxy groups -OCH3 is 1. The highest BCUT2D eigenvalue weighted by Gasteiger charge is 2.36. The summed E-state index contributed by atoms with van der Waals surface area (Å²) in [4.78, 5) is 20.3. The number of ether oxygens (including phenoxy) is 1. The number of hydrogen-bond donors (Lipinski definition) is 0. The smallest absolute Gasteiger partial charge is 0.382 e. The highest BCUT2D eigenvalue weighted by atomic mass is 19.4. The molecule has 1 aliphatic heterocycles. The Labute approximate surface area is 165 Å². The number of halogens is 3. The van der Waals surface area contributed by atoms with Crippen LogP contribution in [0, 0.1) is 11.3 Å². The Morgan fingerprint density at radius 1 is 1.38 bits per heavy atom. The summed E-state index contributed by atoms with van der Waals surface area (Å²) in [6.45, 7) is 1.22. The molecular formula is C19H20F3N5O2. The van der Waals surface area contributed by atoms with Gasteiger partial charge in [-0.2, -0.15) is 18.4 Å². The van der Waals surface area contributed by atoms with Crippen LogP contribution < -0.4 is 4.90 Å². The van der Waals surface area contributed by atoms with Gasteiger partial charge >= 0.3 is 6.18 Å². The molecule has 1 aliphatic rings. The van der Waals surface area contributed by atoms with E-state index >= 15 is 0 Å². The highest BCUT2D eigenvalue weighted by Crippen LogP contribution is 2.35. The third-order valence-electron chi connectivity index (χ3n) is 4.93. The second-order valence-electron chi connectivity index (χ2n) is 6.78. The number of hydrogen-bond acceptors (Lipinski definition) is 5. The number of amides is 1. The fourth-order valence-electron chi connectivity index (χ4n) is 3.46. The standard InChI is InChI=1S/C19H20F3N5O2/c1-25-12-24-9-17(25)18(28)27-6-5-26(10-15(27)11-29-2)14-4-3-13(8-23)16(7-14)19(20,21)22/h3-4,7,9,12,15H,5-6,10-11H2,1-2H3. The lowest BCUT2D eigenvalue weighted by molar-refractivity contribution is -0.137. The number of alkyl halides is 3. The largest absolute Gasteiger partial charge is 0.417 e. The van der Waals surface area contributed by atoms with Crippen molar-refractivity contribution >= 4 is 11.6 Å². The minimum Gasteiger partial charge on any atom is -0.382 e. The molecule has 2 aromatic rings. The number of benzene rings is 1. The molecule has 0 saturated carbocycles. The van der Waals surface area contributed by atoms with Crippen LogP contribution in [-0.4, -0.2) is 59.8 Å². The minimum atomic E-state index is -4.62. The minimum absolute atomic E-state index is 0.206. The van der Waals surface area contributed by atoms with Gasteiger partial charge in [0.25, 0.3) is 5.91 Å². The van der Waals surface area contributed by atoms with E-state index < -0.39 is 17.3 Å². The molecule has 2 heterocycles. The molecule has 7 nitrogen and oxygen atoms in total. The van der Waals surface area contributed by atoms with E-state index in [0.29, 0.717) is 31.0 Å². The van der Waals surface area contributed by atoms with Gasteiger partial charge in [0, 0.05) is 39.5 Å². The zero-order chi connectivity index (χ0) is 21.2. The van der Waals surface area contributed by atoms with Crippen molar-refractivity contribution in [1.82, 2.24) is 14.5 Å². The number of carbonyl (C=O) groups excluding carboxylic acids is 1. The maximum absolute atomic E-state index is 13.3. The molecule has 1 aromatic heterocycles. The average Bonchev–Trinajstić information content (AvgIpc) is 3.12. The normalized spacial score (nSPS) is 17.3. The van der Waals surface area contributed by atoms with Crippen LogP contribution in [0.4, 0.5) is 18.9 Å². The molecule has 1 amide bonds. The second-order valence-corrected chi connectivity index (χ2v) is 6.78. The summed E-state index contributed by atoms with van der Waals surface area (Å²) in [7, 11) is 3.23. The number of piperazine rings is 1. The van der Waals surface area contributed by atoms with E-state index in [1.807, 2.05) is 0 Å². The molecule has 1 fully saturated rings. The number of aryl methyl sites for hydroxylation is 1. The topological polar surface area (TPSA) is 74.4 Å². The number of aromatic nitrogens is 2. The number of carbonyl (C=O) groups is 1. The van der Waals surface area contributed by atoms with Crippen molar-refractivity contribution in [1.29, 1.82) is 5.26 Å². The molecule has 10 heteroatoms. The van der Waals surface area contributed by atoms with Gasteiger partial charge in [-0.3, -0.25) is 4.79 Å². The van der Waals surface area contributed by atoms with E-state index in [1.165, 1.54) is 31.8 Å². The van der Waals surface area contributed by atoms with Crippen LogP contribution in [0.25, 0.3) is 0 Å². The lowest BCUT2D eigenvalue weighted by Gasteiger charge is -2.42. The van der Waals surface area contributed by atoms with Gasteiger partial charge in [0.05, 0.1) is 42.4 Å². The summed E-state index contributed by atoms with van der Waals surface area (Å²) in [6, 6.07) is 4.90. The zero-order valence-electron chi connectivity index (χ0n) is 16.0. The van der Waals surface area contributed by atoms with E-state index in [-0.39, 0.29) is 18.6 Å². The van der Waals surface area contributed by atoms with Gasteiger partial charge in [-0.25, -0.2) is 4.98 Å². The van der Waals surface area contributed by atoms with Gasteiger partial charge in [-0.1, -0.05) is 0 Å². The van der Waals surface area contributed by atoms with Gasteiger partial charge in [-0.15, -0.1) is 0 Å². The third-order valence-corrected chi connectivity index (χ3v) is 4.93. The number of nitriles is 1. The Hall–Kier alpha value is -3.06. The molecule has 29 heavy (non-hydrogen) atoms. The number of anilines is 1. The van der Waals surface area contributed by atoms with Crippen LogP contribution in [0.2, 0.25) is 0 Å².